The fourth-order valence-electron chi connectivity index (χ4n) is 3.22. The molecule has 0 bridgehead atoms. The maximum Gasteiger partial charge on any atom is 0.241 e. The number of amides is 1. The number of carbonyl (C=O) groups is 1. The van der Waals surface area contributed by atoms with E-state index in [2.05, 4.69) is 44.8 Å². The van der Waals surface area contributed by atoms with Crippen molar-refractivity contribution >= 4 is 5.91 Å². The van der Waals surface area contributed by atoms with Crippen molar-refractivity contribution in [3.63, 3.8) is 0 Å². The highest BCUT2D eigenvalue weighted by Crippen LogP contribution is 2.42. The summed E-state index contributed by atoms with van der Waals surface area (Å²) in [7, 11) is 0. The Labute approximate surface area is 111 Å². The van der Waals surface area contributed by atoms with E-state index in [1.165, 1.54) is 19.3 Å². The maximum absolute atomic E-state index is 12.5. The van der Waals surface area contributed by atoms with Crippen LogP contribution in [-0.2, 0) is 4.79 Å². The van der Waals surface area contributed by atoms with Gasteiger partial charge < -0.3 is 4.90 Å². The Balaban J connectivity index is 2.11. The molecule has 0 aromatic carbocycles. The normalized spacial score (nSPS) is 31.3. The van der Waals surface area contributed by atoms with Crippen LogP contribution in [0.5, 0.6) is 0 Å². The highest BCUT2D eigenvalue weighted by Gasteiger charge is 2.45. The van der Waals surface area contributed by atoms with E-state index < -0.39 is 0 Å². The van der Waals surface area contributed by atoms with Crippen LogP contribution in [0.15, 0.2) is 0 Å². The van der Waals surface area contributed by atoms with Gasteiger partial charge in [-0.1, -0.05) is 41.0 Å². The molecule has 1 aliphatic carbocycles. The molecule has 0 aromatic rings. The first-order chi connectivity index (χ1) is 8.34. The second-order valence-electron chi connectivity index (χ2n) is 7.21. The molecular weight excluding hydrogens is 224 g/mol. The zero-order valence-electron chi connectivity index (χ0n) is 12.5. The molecule has 0 aromatic heterocycles. The van der Waals surface area contributed by atoms with E-state index in [0.29, 0.717) is 23.2 Å². The Bertz CT molecular complexity index is 320. The summed E-state index contributed by atoms with van der Waals surface area (Å²) in [6.45, 7) is 11.9. The van der Waals surface area contributed by atoms with Gasteiger partial charge in [-0.05, 0) is 30.1 Å². The molecule has 2 atom stereocenters. The molecule has 1 amide bonds. The van der Waals surface area contributed by atoms with Crippen molar-refractivity contribution in [2.75, 3.05) is 6.54 Å². The van der Waals surface area contributed by atoms with Crippen molar-refractivity contribution in [2.45, 2.75) is 66.1 Å². The summed E-state index contributed by atoms with van der Waals surface area (Å²) in [5.41, 5.74) is 0.371. The van der Waals surface area contributed by atoms with Gasteiger partial charge in [0.15, 0.2) is 0 Å². The Morgan fingerprint density at radius 1 is 1.28 bits per heavy atom. The number of nitrogens with one attached hydrogen (secondary N) is 1. The van der Waals surface area contributed by atoms with Gasteiger partial charge >= 0.3 is 0 Å². The summed E-state index contributed by atoms with van der Waals surface area (Å²) >= 11 is 0. The van der Waals surface area contributed by atoms with Gasteiger partial charge in [-0.3, -0.25) is 10.1 Å². The van der Waals surface area contributed by atoms with Crippen LogP contribution in [0, 0.1) is 17.3 Å². The largest absolute Gasteiger partial charge is 0.325 e. The van der Waals surface area contributed by atoms with Crippen molar-refractivity contribution in [3.05, 3.63) is 0 Å². The van der Waals surface area contributed by atoms with Crippen LogP contribution in [0.4, 0.5) is 0 Å². The zero-order chi connectivity index (χ0) is 13.5. The summed E-state index contributed by atoms with van der Waals surface area (Å²) < 4.78 is 0. The minimum atomic E-state index is 0.0149. The minimum Gasteiger partial charge on any atom is -0.325 e. The highest BCUT2D eigenvalue weighted by molar-refractivity contribution is 5.84. The first kappa shape index (κ1) is 13.9. The minimum absolute atomic E-state index is 0.0149. The summed E-state index contributed by atoms with van der Waals surface area (Å²) in [5, 5.41) is 3.54. The van der Waals surface area contributed by atoms with Gasteiger partial charge in [0.25, 0.3) is 0 Å². The summed E-state index contributed by atoms with van der Waals surface area (Å²) in [6, 6.07) is 0.0149. The molecule has 1 N–H and O–H groups in total. The number of carbonyl (C=O) groups excluding carboxylic acids is 1. The molecule has 0 spiro atoms. The van der Waals surface area contributed by atoms with Gasteiger partial charge in [0, 0.05) is 6.54 Å². The molecule has 18 heavy (non-hydrogen) atoms. The quantitative estimate of drug-likeness (QED) is 0.834. The summed E-state index contributed by atoms with van der Waals surface area (Å²) in [5.74, 6) is 1.16. The van der Waals surface area contributed by atoms with Gasteiger partial charge in [0.1, 0.15) is 0 Å². The Morgan fingerprint density at radius 2 is 1.89 bits per heavy atom. The SMILES string of the molecule is CC(C)C1NC(C(C)C)N(CC2(C)CCC2)C1=O. The standard InChI is InChI=1S/C15H28N2O/c1-10(2)12-14(18)17(13(16-12)11(3)4)9-15(5)7-6-8-15/h10-13,16H,6-9H2,1-5H3. The molecule has 2 rings (SSSR count). The van der Waals surface area contributed by atoms with E-state index in [1.54, 1.807) is 0 Å². The van der Waals surface area contributed by atoms with E-state index >= 15 is 0 Å². The molecular formula is C15H28N2O. The fourth-order valence-corrected chi connectivity index (χ4v) is 3.22. The molecule has 1 saturated carbocycles. The lowest BCUT2D eigenvalue weighted by Crippen LogP contribution is -2.48. The predicted octanol–water partition coefficient (Wildman–Crippen LogP) is 2.62. The van der Waals surface area contributed by atoms with Crippen LogP contribution in [-0.4, -0.2) is 29.6 Å². The summed E-state index contributed by atoms with van der Waals surface area (Å²) in [4.78, 5) is 14.7. The Hall–Kier alpha value is -0.570. The lowest BCUT2D eigenvalue weighted by atomic mass is 9.70. The van der Waals surface area contributed by atoms with Crippen molar-refractivity contribution in [3.8, 4) is 0 Å². The smallest absolute Gasteiger partial charge is 0.241 e. The van der Waals surface area contributed by atoms with Crippen LogP contribution in [0.3, 0.4) is 0 Å². The number of hydrogen-bond donors (Lipinski definition) is 1. The van der Waals surface area contributed by atoms with Crippen LogP contribution in [0.1, 0.15) is 53.9 Å². The van der Waals surface area contributed by atoms with Crippen LogP contribution < -0.4 is 5.32 Å². The fraction of sp³-hybridized carbons (Fsp3) is 0.933. The molecule has 1 aliphatic heterocycles. The Kier molecular flexibility index (Phi) is 3.72. The third kappa shape index (κ3) is 2.42. The van der Waals surface area contributed by atoms with E-state index in [1.807, 2.05) is 0 Å². The van der Waals surface area contributed by atoms with Gasteiger partial charge in [-0.2, -0.15) is 0 Å². The monoisotopic (exact) mass is 252 g/mol. The molecule has 1 heterocycles. The second-order valence-corrected chi connectivity index (χ2v) is 7.21. The van der Waals surface area contributed by atoms with Gasteiger partial charge in [-0.25, -0.2) is 0 Å². The average molecular weight is 252 g/mol. The number of nitrogens with zero attached hydrogens (tertiary/aromatic N) is 1. The molecule has 0 radical (unpaired) electrons. The molecule has 1 saturated heterocycles. The van der Waals surface area contributed by atoms with Crippen LogP contribution in [0.25, 0.3) is 0 Å². The van der Waals surface area contributed by atoms with E-state index in [4.69, 9.17) is 0 Å². The third-order valence-corrected chi connectivity index (χ3v) is 4.65. The van der Waals surface area contributed by atoms with Gasteiger partial charge in [-0.15, -0.1) is 0 Å². The van der Waals surface area contributed by atoms with Crippen molar-refractivity contribution in [2.24, 2.45) is 17.3 Å². The Morgan fingerprint density at radius 3 is 2.28 bits per heavy atom. The molecule has 2 aliphatic rings. The van der Waals surface area contributed by atoms with Crippen molar-refractivity contribution in [1.82, 2.24) is 10.2 Å². The second kappa shape index (κ2) is 4.84. The lowest BCUT2D eigenvalue weighted by molar-refractivity contribution is -0.133. The van der Waals surface area contributed by atoms with Crippen molar-refractivity contribution in [1.29, 1.82) is 0 Å². The van der Waals surface area contributed by atoms with Gasteiger partial charge in [0.2, 0.25) is 5.91 Å². The molecule has 2 fully saturated rings. The molecule has 3 nitrogen and oxygen atoms in total. The van der Waals surface area contributed by atoms with Crippen LogP contribution in [0.2, 0.25) is 0 Å². The molecule has 2 unspecified atom stereocenters. The average Bonchev–Trinajstić information content (AvgIpc) is 2.54. The highest BCUT2D eigenvalue weighted by atomic mass is 16.2. The first-order valence-electron chi connectivity index (χ1n) is 7.40. The zero-order valence-corrected chi connectivity index (χ0v) is 12.5. The predicted molar refractivity (Wildman–Crippen MR) is 74.1 cm³/mol. The van der Waals surface area contributed by atoms with Gasteiger partial charge in [0.05, 0.1) is 12.2 Å². The third-order valence-electron chi connectivity index (χ3n) is 4.65. The van der Waals surface area contributed by atoms with Crippen molar-refractivity contribution < 1.29 is 4.79 Å². The van der Waals surface area contributed by atoms with Crippen LogP contribution >= 0.6 is 0 Å². The van der Waals surface area contributed by atoms with E-state index in [-0.39, 0.29) is 12.2 Å². The molecule has 3 heteroatoms. The van der Waals surface area contributed by atoms with E-state index in [9.17, 15) is 4.79 Å². The number of rotatable bonds is 4. The number of hydrogen-bond acceptors (Lipinski definition) is 2. The first-order valence-corrected chi connectivity index (χ1v) is 7.40. The topological polar surface area (TPSA) is 32.3 Å². The molecule has 104 valence electrons. The summed E-state index contributed by atoms with van der Waals surface area (Å²) in [6.07, 6.45) is 4.09. The maximum atomic E-state index is 12.5. The van der Waals surface area contributed by atoms with E-state index in [0.717, 1.165) is 6.54 Å². The lowest BCUT2D eigenvalue weighted by Gasteiger charge is -2.43.